The normalized spacial score (nSPS) is 29.9. The number of likely N-dealkylation sites (N-methyl/N-ethyl adjacent to an activating group) is 1. The van der Waals surface area contributed by atoms with Crippen LogP contribution in [0.3, 0.4) is 0 Å². The number of fused-ring (bicyclic) bond motifs is 2. The molecule has 19 heavy (non-hydrogen) atoms. The van der Waals surface area contributed by atoms with Crippen molar-refractivity contribution in [2.24, 2.45) is 5.92 Å². The number of nitrogens with one attached hydrogen (secondary N) is 1. The van der Waals surface area contributed by atoms with Crippen molar-refractivity contribution in [3.05, 3.63) is 42.4 Å². The van der Waals surface area contributed by atoms with E-state index in [0.717, 1.165) is 6.54 Å². The van der Waals surface area contributed by atoms with Gasteiger partial charge in [-0.2, -0.15) is 5.92 Å². The summed E-state index contributed by atoms with van der Waals surface area (Å²) in [5.41, 5.74) is 4.34. The van der Waals surface area contributed by atoms with E-state index >= 15 is 0 Å². The molecule has 2 heterocycles. The van der Waals surface area contributed by atoms with Crippen LogP contribution < -0.4 is 0 Å². The summed E-state index contributed by atoms with van der Waals surface area (Å²) in [4.78, 5) is 5.94. The van der Waals surface area contributed by atoms with Crippen LogP contribution >= 0.6 is 0 Å². The van der Waals surface area contributed by atoms with Gasteiger partial charge in [-0.1, -0.05) is 18.6 Å². The molecule has 1 aromatic heterocycles. The first-order valence-electron chi connectivity index (χ1n) is 6.86. The largest absolute Gasteiger partial charge is 0.361 e. The Morgan fingerprint density at radius 3 is 3.05 bits per heavy atom. The van der Waals surface area contributed by atoms with Crippen LogP contribution in [0.1, 0.15) is 23.5 Å². The summed E-state index contributed by atoms with van der Waals surface area (Å²) in [5, 5.41) is 1.49. The molecule has 1 saturated heterocycles. The molecule has 1 radical (unpaired) electrons. The zero-order valence-electron chi connectivity index (χ0n) is 11.4. The number of aromatic amines is 1. The third-order valence-electron chi connectivity index (χ3n) is 4.81. The molecular formula is C16H19N2Y-. The van der Waals surface area contributed by atoms with E-state index < -0.39 is 0 Å². The van der Waals surface area contributed by atoms with Crippen LogP contribution in [0.15, 0.2) is 24.4 Å². The minimum atomic E-state index is 0. The summed E-state index contributed by atoms with van der Waals surface area (Å²) < 4.78 is 0. The van der Waals surface area contributed by atoms with E-state index in [2.05, 4.69) is 48.3 Å². The Labute approximate surface area is 139 Å². The van der Waals surface area contributed by atoms with Crippen LogP contribution in [0, 0.1) is 12.8 Å². The Bertz CT molecular complexity index is 604. The Balaban J connectivity index is 0.00000110. The van der Waals surface area contributed by atoms with Gasteiger partial charge >= 0.3 is 0 Å². The Morgan fingerprint density at radius 1 is 1.37 bits per heavy atom. The monoisotopic (exact) mass is 328 g/mol. The smallest absolute Gasteiger partial charge is 0.0459 e. The molecule has 1 N–H and O–H groups in total. The van der Waals surface area contributed by atoms with Gasteiger partial charge in [-0.3, -0.25) is 0 Å². The molecule has 2 aromatic rings. The predicted molar refractivity (Wildman–Crippen MR) is 74.6 cm³/mol. The van der Waals surface area contributed by atoms with Gasteiger partial charge in [0.25, 0.3) is 0 Å². The molecule has 1 aliphatic heterocycles. The molecule has 3 atom stereocenters. The second kappa shape index (κ2) is 4.98. The molecule has 1 fully saturated rings. The Morgan fingerprint density at radius 2 is 2.21 bits per heavy atom. The fourth-order valence-electron chi connectivity index (χ4n) is 4.05. The minimum absolute atomic E-state index is 0. The molecule has 3 heteroatoms. The van der Waals surface area contributed by atoms with Crippen LogP contribution in [-0.2, 0) is 39.1 Å². The van der Waals surface area contributed by atoms with Gasteiger partial charge in [0.1, 0.15) is 0 Å². The fraction of sp³-hybridized carbons (Fsp3) is 0.438. The number of rotatable bonds is 0. The maximum atomic E-state index is 4.30. The van der Waals surface area contributed by atoms with Crippen molar-refractivity contribution in [3.63, 3.8) is 0 Å². The first kappa shape index (κ1) is 13.8. The summed E-state index contributed by atoms with van der Waals surface area (Å²) in [6, 6.07) is 7.36. The van der Waals surface area contributed by atoms with E-state index in [4.69, 9.17) is 0 Å². The number of likely N-dealkylation sites (tertiary alicyclic amines) is 1. The Kier molecular flexibility index (Phi) is 3.62. The molecule has 4 rings (SSSR count). The summed E-state index contributed by atoms with van der Waals surface area (Å²) in [5.74, 6) is 1.23. The summed E-state index contributed by atoms with van der Waals surface area (Å²) in [6.07, 6.45) is 4.62. The van der Waals surface area contributed by atoms with E-state index in [1.54, 1.807) is 5.56 Å². The van der Waals surface area contributed by atoms with Gasteiger partial charge in [0.15, 0.2) is 0 Å². The maximum absolute atomic E-state index is 4.30. The van der Waals surface area contributed by atoms with Crippen molar-refractivity contribution < 1.29 is 32.7 Å². The predicted octanol–water partition coefficient (Wildman–Crippen LogP) is 2.96. The van der Waals surface area contributed by atoms with Crippen molar-refractivity contribution in [1.82, 2.24) is 9.88 Å². The molecular weight excluding hydrogens is 309 g/mol. The quantitative estimate of drug-likeness (QED) is 0.737. The van der Waals surface area contributed by atoms with E-state index in [1.807, 2.05) is 0 Å². The van der Waals surface area contributed by atoms with Crippen LogP contribution in [0.2, 0.25) is 0 Å². The molecule has 0 spiro atoms. The molecule has 1 aliphatic carbocycles. The Hall–Kier alpha value is -0.176. The average Bonchev–Trinajstić information content (AvgIpc) is 2.76. The number of nitrogens with zero attached hydrogens (tertiary/aromatic N) is 1. The third kappa shape index (κ3) is 2.04. The number of hydrogen-bond donors (Lipinski definition) is 1. The fourth-order valence-corrected chi connectivity index (χ4v) is 4.05. The number of piperidine rings is 1. The van der Waals surface area contributed by atoms with E-state index in [9.17, 15) is 0 Å². The summed E-state index contributed by atoms with van der Waals surface area (Å²) >= 11 is 0. The summed E-state index contributed by atoms with van der Waals surface area (Å²) in [7, 11) is 2.26. The summed E-state index contributed by atoms with van der Waals surface area (Å²) in [6.45, 7) is 5.43. The van der Waals surface area contributed by atoms with Gasteiger partial charge in [-0.05, 0) is 43.1 Å². The maximum Gasteiger partial charge on any atom is 0.0459 e. The van der Waals surface area contributed by atoms with Gasteiger partial charge in [-0.25, -0.2) is 0 Å². The molecule has 97 valence electrons. The van der Waals surface area contributed by atoms with Gasteiger partial charge in [0, 0.05) is 55.9 Å². The SMILES string of the molecule is [CH2-][C@H]1C[C@H]2c3cccc4[nH]cc(c34)C[C@@H]2N(C)C1.[Y]. The topological polar surface area (TPSA) is 19.0 Å². The van der Waals surface area contributed by atoms with Crippen LogP contribution in [0.5, 0.6) is 0 Å². The minimum Gasteiger partial charge on any atom is -0.361 e. The molecule has 2 nitrogen and oxygen atoms in total. The van der Waals surface area contributed by atoms with Crippen molar-refractivity contribution in [1.29, 1.82) is 0 Å². The standard InChI is InChI=1S/C16H19N2.Y/c1-10-6-13-12-4-3-5-14-16(12)11(8-17-14)7-15(13)18(2)9-10;/h3-5,8,10,13,15,17H,1,6-7,9H2,2H3;/q-1;/t10-,13-,15-;/m0./s1. The first-order chi connectivity index (χ1) is 8.74. The molecule has 0 bridgehead atoms. The van der Waals surface area contributed by atoms with Crippen LogP contribution in [-0.4, -0.2) is 29.5 Å². The van der Waals surface area contributed by atoms with Crippen molar-refractivity contribution in [3.8, 4) is 0 Å². The molecule has 2 aliphatic rings. The van der Waals surface area contributed by atoms with Crippen molar-refractivity contribution in [2.75, 3.05) is 13.6 Å². The second-order valence-electron chi connectivity index (χ2n) is 6.00. The van der Waals surface area contributed by atoms with Crippen LogP contribution in [0.25, 0.3) is 10.9 Å². The molecule has 0 unspecified atom stereocenters. The van der Waals surface area contributed by atoms with Gasteiger partial charge in [0.2, 0.25) is 0 Å². The van der Waals surface area contributed by atoms with Crippen molar-refractivity contribution >= 4 is 10.9 Å². The zero-order valence-corrected chi connectivity index (χ0v) is 14.2. The molecule has 1 aromatic carbocycles. The number of hydrogen-bond acceptors (Lipinski definition) is 1. The van der Waals surface area contributed by atoms with Crippen molar-refractivity contribution in [2.45, 2.75) is 24.8 Å². The second-order valence-corrected chi connectivity index (χ2v) is 6.00. The zero-order chi connectivity index (χ0) is 12.3. The third-order valence-corrected chi connectivity index (χ3v) is 4.81. The van der Waals surface area contributed by atoms with Gasteiger partial charge in [0.05, 0.1) is 0 Å². The average molecular weight is 328 g/mol. The van der Waals surface area contributed by atoms with Crippen LogP contribution in [0.4, 0.5) is 0 Å². The van der Waals surface area contributed by atoms with E-state index in [1.165, 1.54) is 29.3 Å². The number of H-pyrrole nitrogens is 1. The van der Waals surface area contributed by atoms with Gasteiger partial charge in [-0.15, -0.1) is 0 Å². The molecule has 0 saturated carbocycles. The van der Waals surface area contributed by atoms with E-state index in [-0.39, 0.29) is 32.7 Å². The van der Waals surface area contributed by atoms with E-state index in [0.29, 0.717) is 17.9 Å². The van der Waals surface area contributed by atoms with Gasteiger partial charge < -0.3 is 16.8 Å². The first-order valence-corrected chi connectivity index (χ1v) is 6.86. The number of benzene rings is 1. The number of aromatic nitrogens is 1. The molecule has 0 amide bonds.